The van der Waals surface area contributed by atoms with Gasteiger partial charge in [-0.15, -0.1) is 8.67 Å². The zero-order valence-electron chi connectivity index (χ0n) is 10.2. The molecule has 0 radical (unpaired) electrons. The summed E-state index contributed by atoms with van der Waals surface area (Å²) in [6, 6.07) is 0. The van der Waals surface area contributed by atoms with Crippen LogP contribution in [-0.2, 0) is 58.9 Å². The van der Waals surface area contributed by atoms with E-state index in [0.717, 1.165) is 0 Å². The summed E-state index contributed by atoms with van der Waals surface area (Å²) in [6.45, 7) is 0. The number of hydrogen-bond acceptors (Lipinski definition) is 14. The van der Waals surface area contributed by atoms with Crippen molar-refractivity contribution in [2.45, 2.75) is 0 Å². The molecular weight excluding hydrogens is 462 g/mol. The van der Waals surface area contributed by atoms with Gasteiger partial charge in [-0.3, -0.25) is 9.11 Å². The average Bonchev–Trinajstić information content (AvgIpc) is 2.09. The smallest absolute Gasteiger partial charge is 0.724 e. The predicted molar refractivity (Wildman–Crippen MR) is 46.8 cm³/mol. The predicted octanol–water partition coefficient (Wildman–Crippen LogP) is -9.60. The van der Waals surface area contributed by atoms with Crippen molar-refractivity contribution in [2.24, 2.45) is 0 Å². The largest absolute Gasteiger partial charge is 1.00 e. The van der Waals surface area contributed by atoms with E-state index >= 15 is 0 Å². The Hall–Kier alpha value is 2.75. The van der Waals surface area contributed by atoms with Crippen LogP contribution in [-0.4, -0.2) is 51.9 Å². The molecule has 0 atom stereocenters. The standard InChI is InChI=1S/2K.2H2O8S2/c;;2*1-9(2,3)7-8-10(4,5)6/h;;2*(H,1,2,3)(H,4,5,6)/q2*+1;;/p-2. The molecule has 0 spiro atoms. The topological polar surface area (TPSA) is 260 Å². The van der Waals surface area contributed by atoms with Crippen LogP contribution in [0.15, 0.2) is 0 Å². The average molecular weight is 464 g/mol. The van der Waals surface area contributed by atoms with Gasteiger partial charge in [0.2, 0.25) is 20.8 Å². The molecule has 0 rings (SSSR count). The van der Waals surface area contributed by atoms with Gasteiger partial charge in [0.05, 0.1) is 0 Å². The maximum Gasteiger partial charge on any atom is 1.00 e. The Morgan fingerprint density at radius 2 is 0.727 bits per heavy atom. The molecule has 0 unspecified atom stereocenters. The zero-order chi connectivity index (χ0) is 16.8. The number of hydrogen-bond donors (Lipinski definition) is 2. The molecule has 0 aliphatic carbocycles. The Bertz CT molecular complexity index is 560. The van der Waals surface area contributed by atoms with Gasteiger partial charge in [-0.25, -0.2) is 16.8 Å². The summed E-state index contributed by atoms with van der Waals surface area (Å²) in [5, 5.41) is 0. The summed E-state index contributed by atoms with van der Waals surface area (Å²) in [7, 11) is -20.7. The molecule has 0 heterocycles. The molecule has 22 heavy (non-hydrogen) atoms. The molecule has 22 heteroatoms. The van der Waals surface area contributed by atoms with Gasteiger partial charge in [0.1, 0.15) is 0 Å². The number of rotatable bonds is 6. The third-order valence-corrected chi connectivity index (χ3v) is 1.52. The van der Waals surface area contributed by atoms with Gasteiger partial charge < -0.3 is 9.11 Å². The quantitative estimate of drug-likeness (QED) is 0.121. The van der Waals surface area contributed by atoms with Crippen LogP contribution in [0.1, 0.15) is 0 Å². The first-order chi connectivity index (χ1) is 8.41. The van der Waals surface area contributed by atoms with Crippen LogP contribution >= 0.6 is 0 Å². The Labute approximate surface area is 209 Å². The van der Waals surface area contributed by atoms with Gasteiger partial charge >= 0.3 is 124 Å². The summed E-state index contributed by atoms with van der Waals surface area (Å²) in [5.41, 5.74) is 0. The van der Waals surface area contributed by atoms with Crippen molar-refractivity contribution in [2.75, 3.05) is 0 Å². The van der Waals surface area contributed by atoms with Gasteiger partial charge in [0.25, 0.3) is 0 Å². The maximum atomic E-state index is 9.51. The monoisotopic (exact) mass is 464 g/mol. The molecule has 0 aromatic heterocycles. The summed E-state index contributed by atoms with van der Waals surface area (Å²) in [4.78, 5) is 0. The van der Waals surface area contributed by atoms with Gasteiger partial charge in [-0.2, -0.15) is 16.8 Å². The van der Waals surface area contributed by atoms with E-state index in [1.165, 1.54) is 0 Å². The second kappa shape index (κ2) is 13.0. The van der Waals surface area contributed by atoms with Crippen molar-refractivity contribution < 1.29 is 172 Å². The molecule has 0 aliphatic rings. The Kier molecular flexibility index (Phi) is 19.2. The first-order valence-electron chi connectivity index (χ1n) is 3.03. The van der Waals surface area contributed by atoms with E-state index in [1.807, 2.05) is 0 Å². The van der Waals surface area contributed by atoms with Crippen molar-refractivity contribution in [3.05, 3.63) is 0 Å². The SMILES string of the molecule is O=S(=O)(O)OOS(=O)(=O)O.O=S(=O)([O-])OOS(=O)(=O)[O-].[K+].[K+]. The van der Waals surface area contributed by atoms with Crippen molar-refractivity contribution in [3.63, 3.8) is 0 Å². The minimum atomic E-state index is -5.31. The van der Waals surface area contributed by atoms with E-state index in [0.29, 0.717) is 0 Å². The summed E-state index contributed by atoms with van der Waals surface area (Å²) in [5.74, 6) is 0. The first-order valence-corrected chi connectivity index (χ1v) is 8.43. The van der Waals surface area contributed by atoms with Crippen LogP contribution in [0, 0.1) is 0 Å². The second-order valence-electron chi connectivity index (χ2n) is 1.94. The van der Waals surface area contributed by atoms with E-state index in [-0.39, 0.29) is 103 Å². The summed E-state index contributed by atoms with van der Waals surface area (Å²) >= 11 is 0. The Balaban J connectivity index is -0.000000135. The van der Waals surface area contributed by atoms with E-state index in [9.17, 15) is 42.8 Å². The van der Waals surface area contributed by atoms with Crippen molar-refractivity contribution in [1.82, 2.24) is 0 Å². The molecule has 124 valence electrons. The summed E-state index contributed by atoms with van der Waals surface area (Å²) in [6.07, 6.45) is 0. The van der Waals surface area contributed by atoms with Crippen LogP contribution in [0.25, 0.3) is 0 Å². The zero-order valence-corrected chi connectivity index (χ0v) is 19.8. The van der Waals surface area contributed by atoms with Gasteiger partial charge in [-0.1, -0.05) is 8.67 Å². The fourth-order valence-electron chi connectivity index (χ4n) is 0.138. The van der Waals surface area contributed by atoms with Crippen LogP contribution < -0.4 is 103 Å². The molecule has 0 saturated carbocycles. The van der Waals surface area contributed by atoms with E-state index in [4.69, 9.17) is 9.11 Å². The molecule has 0 aliphatic heterocycles. The molecule has 0 fully saturated rings. The molecule has 0 aromatic carbocycles. The van der Waals surface area contributed by atoms with Crippen LogP contribution in [0.5, 0.6) is 0 Å². The van der Waals surface area contributed by atoms with Crippen molar-refractivity contribution in [1.29, 1.82) is 0 Å². The Morgan fingerprint density at radius 3 is 0.818 bits per heavy atom. The minimum Gasteiger partial charge on any atom is -0.724 e. The van der Waals surface area contributed by atoms with Gasteiger partial charge in [-0.05, 0) is 0 Å². The van der Waals surface area contributed by atoms with Gasteiger partial charge in [0.15, 0.2) is 0 Å². The molecule has 0 bridgehead atoms. The molecule has 2 N–H and O–H groups in total. The van der Waals surface area contributed by atoms with Crippen molar-refractivity contribution in [3.8, 4) is 0 Å². The first kappa shape index (κ1) is 32.4. The van der Waals surface area contributed by atoms with Crippen LogP contribution in [0.4, 0.5) is 0 Å². The minimum absolute atomic E-state index is 0. The fraction of sp³-hybridized carbons (Fsp3) is 0. The third kappa shape index (κ3) is 38.4. The van der Waals surface area contributed by atoms with Crippen molar-refractivity contribution >= 4 is 41.6 Å². The van der Waals surface area contributed by atoms with Crippen LogP contribution in [0.3, 0.4) is 0 Å². The third-order valence-electron chi connectivity index (χ3n) is 0.394. The molecular formula is H2K2O16S4. The molecule has 0 saturated heterocycles. The van der Waals surface area contributed by atoms with E-state index in [2.05, 4.69) is 17.3 Å². The fourth-order valence-corrected chi connectivity index (χ4v) is 1.24. The normalized spacial score (nSPS) is 12.2. The Morgan fingerprint density at radius 1 is 0.545 bits per heavy atom. The maximum absolute atomic E-state index is 9.51. The van der Waals surface area contributed by atoms with E-state index in [1.54, 1.807) is 0 Å². The second-order valence-corrected chi connectivity index (χ2v) is 5.83. The molecule has 0 aromatic rings. The molecule has 0 amide bonds. The summed E-state index contributed by atoms with van der Waals surface area (Å²) < 4.78 is 120. The van der Waals surface area contributed by atoms with E-state index < -0.39 is 41.6 Å². The van der Waals surface area contributed by atoms with Gasteiger partial charge in [0, 0.05) is 0 Å². The molecule has 16 nitrogen and oxygen atoms in total. The van der Waals surface area contributed by atoms with Crippen LogP contribution in [0.2, 0.25) is 0 Å².